The summed E-state index contributed by atoms with van der Waals surface area (Å²) in [4.78, 5) is 8.73. The number of nitrogens with one attached hydrogen (secondary N) is 1. The van der Waals surface area contributed by atoms with Crippen molar-refractivity contribution >= 4 is 72.3 Å². The van der Waals surface area contributed by atoms with Crippen LogP contribution < -0.4 is 5.32 Å². The lowest BCUT2D eigenvalue weighted by Crippen LogP contribution is -2.14. The molecule has 0 saturated carbocycles. The first-order valence-corrected chi connectivity index (χ1v) is 10.2. The molecule has 5 nitrogen and oxygen atoms in total. The minimum Gasteiger partial charge on any atom is -0.504 e. The van der Waals surface area contributed by atoms with Gasteiger partial charge in [-0.25, -0.2) is 0 Å². The van der Waals surface area contributed by atoms with E-state index < -0.39 is 120 Å². The molecule has 4 N–H and O–H groups in total. The Morgan fingerprint density at radius 1 is 0.714 bits per heavy atom. The van der Waals surface area contributed by atoms with Gasteiger partial charge in [-0.1, -0.05) is 0 Å². The third kappa shape index (κ3) is 4.17. The van der Waals surface area contributed by atoms with Crippen LogP contribution >= 0.6 is 60.7 Å². The zero-order chi connectivity index (χ0) is 21.0. The summed E-state index contributed by atoms with van der Waals surface area (Å²) in [6, 6.07) is 1.74. The number of carbonyl (C=O) groups is 1. The molecular weight excluding hydrogens is 489 g/mol. The molecule has 0 aliphatic heterocycles. The van der Waals surface area contributed by atoms with Crippen LogP contribution in [0.3, 0.4) is 0 Å². The van der Waals surface area contributed by atoms with E-state index in [9.17, 15) is 39.5 Å². The highest BCUT2D eigenvalue weighted by molar-refractivity contribution is 8.00. The molecule has 2 aromatic carbocycles. The molecule has 0 heterocycles. The van der Waals surface area contributed by atoms with E-state index in [0.29, 0.717) is 0 Å². The lowest BCUT2D eigenvalue weighted by Gasteiger charge is -2.18. The smallest absolute Gasteiger partial charge is 0.259 e. The number of phenols is 3. The van der Waals surface area contributed by atoms with Crippen molar-refractivity contribution in [1.82, 2.24) is 0 Å². The van der Waals surface area contributed by atoms with Gasteiger partial charge in [0.25, 0.3) is 5.91 Å². The first-order valence-electron chi connectivity index (χ1n) is 6.58. The predicted molar refractivity (Wildman–Crippen MR) is 101 cm³/mol. The lowest BCUT2D eigenvalue weighted by molar-refractivity contribution is 0.102. The van der Waals surface area contributed by atoms with Gasteiger partial charge in [0.1, 0.15) is 0 Å². The van der Waals surface area contributed by atoms with Gasteiger partial charge in [-0.05, 0) is 12.1 Å². The van der Waals surface area contributed by atoms with Gasteiger partial charge in [0.05, 0.1) is 96.5 Å². The number of benzene rings is 2. The largest absolute Gasteiger partial charge is 0.504 e. The Balaban J connectivity index is 2.67. The van der Waals surface area contributed by atoms with Crippen molar-refractivity contribution < 1.29 is 39.5 Å². The zero-order valence-corrected chi connectivity index (χ0v) is 16.9. The fourth-order valence-electron chi connectivity index (χ4n) is 2.04. The van der Waals surface area contributed by atoms with E-state index >= 15 is 0 Å². The van der Waals surface area contributed by atoms with Gasteiger partial charge in [0.2, 0.25) is 5.75 Å². The van der Waals surface area contributed by atoms with Crippen LogP contribution in [0.4, 0.5) is 25.1 Å². The highest BCUT2D eigenvalue weighted by atomic mass is 32.2. The number of aromatic hydroxyl groups is 3. The summed E-state index contributed by atoms with van der Waals surface area (Å²) in [6.07, 6.45) is 0. The van der Waals surface area contributed by atoms with Crippen molar-refractivity contribution in [2.24, 2.45) is 0 Å². The second-order valence-corrected chi connectivity index (χ2v) is 7.50. The molecule has 0 unspecified atom stereocenters. The molecule has 1 amide bonds. The van der Waals surface area contributed by atoms with Gasteiger partial charge < -0.3 is 20.6 Å². The number of hydrogen-bond donors (Lipinski definition) is 4. The van der Waals surface area contributed by atoms with E-state index in [1.807, 2.05) is 5.32 Å². The third-order valence-corrected chi connectivity index (χ3v) is 6.61. The normalized spacial score (nSPS) is 10.9. The van der Waals surface area contributed by atoms with Crippen molar-refractivity contribution in [2.75, 3.05) is 5.32 Å². The Kier molecular flexibility index (Phi) is 8.18. The van der Waals surface area contributed by atoms with E-state index in [1.165, 1.54) is 0 Å². The molecule has 2 aromatic rings. The van der Waals surface area contributed by atoms with Crippen molar-refractivity contribution in [3.8, 4) is 17.2 Å². The average molecular weight is 496 g/mol. The molecule has 0 atom stereocenters. The summed E-state index contributed by atoms with van der Waals surface area (Å²) < 4.78 is 66.6. The maximum Gasteiger partial charge on any atom is 0.259 e. The standard InChI is InChI=1S/C13H6F5NO4S5/c14-24-8-5(9(25-15)11(27-17)12(28-18)10(8)26-16)19-13(23)3-1-2-4(20)7(22)6(3)21/h1-2,20-22H,(H,19,23). The highest BCUT2D eigenvalue weighted by Gasteiger charge is 2.30. The van der Waals surface area contributed by atoms with Crippen LogP contribution in [0.1, 0.15) is 10.4 Å². The summed E-state index contributed by atoms with van der Waals surface area (Å²) in [5.41, 5.74) is -1.33. The molecule has 0 bridgehead atoms. The van der Waals surface area contributed by atoms with Crippen LogP contribution in [-0.4, -0.2) is 21.2 Å². The summed E-state index contributed by atoms with van der Waals surface area (Å²) in [6.45, 7) is 0. The lowest BCUT2D eigenvalue weighted by atomic mass is 10.1. The number of carbonyl (C=O) groups excluding carboxylic acids is 1. The molecule has 0 fully saturated rings. The van der Waals surface area contributed by atoms with Gasteiger partial charge >= 0.3 is 0 Å². The Bertz CT molecular complexity index is 887. The summed E-state index contributed by atoms with van der Waals surface area (Å²) in [5.74, 6) is -4.05. The van der Waals surface area contributed by atoms with Crippen LogP contribution in [0, 0.1) is 0 Å². The summed E-state index contributed by atoms with van der Waals surface area (Å²) >= 11 is -3.21. The molecule has 0 aliphatic carbocycles. The number of halogens is 5. The van der Waals surface area contributed by atoms with E-state index in [4.69, 9.17) is 0 Å². The van der Waals surface area contributed by atoms with Crippen molar-refractivity contribution in [3.05, 3.63) is 17.7 Å². The van der Waals surface area contributed by atoms with E-state index in [2.05, 4.69) is 0 Å². The fraction of sp³-hybridized carbons (Fsp3) is 0. The minimum absolute atomic E-state index is 0.618. The quantitative estimate of drug-likeness (QED) is 0.241. The van der Waals surface area contributed by atoms with Gasteiger partial charge in [-0.2, -0.15) is 19.4 Å². The van der Waals surface area contributed by atoms with Crippen LogP contribution in [0.2, 0.25) is 0 Å². The topological polar surface area (TPSA) is 89.8 Å². The Morgan fingerprint density at radius 3 is 1.57 bits per heavy atom. The molecule has 152 valence electrons. The highest BCUT2D eigenvalue weighted by Crippen LogP contribution is 2.54. The number of hydrogen-bond acceptors (Lipinski definition) is 9. The van der Waals surface area contributed by atoms with Gasteiger partial charge in [0.15, 0.2) is 11.5 Å². The molecule has 0 spiro atoms. The van der Waals surface area contributed by atoms with Crippen molar-refractivity contribution in [3.63, 3.8) is 0 Å². The maximum absolute atomic E-state index is 13.4. The molecule has 0 radical (unpaired) electrons. The van der Waals surface area contributed by atoms with Gasteiger partial charge in [-0.3, -0.25) is 4.79 Å². The molecule has 2 rings (SSSR count). The number of phenolic OH excluding ortho intramolecular Hbond substituents is 3. The van der Waals surface area contributed by atoms with Gasteiger partial charge in [-0.15, -0.1) is 0 Å². The number of anilines is 1. The van der Waals surface area contributed by atoms with Crippen molar-refractivity contribution in [1.29, 1.82) is 0 Å². The van der Waals surface area contributed by atoms with Crippen molar-refractivity contribution in [2.45, 2.75) is 24.5 Å². The minimum atomic E-state index is -1.23. The van der Waals surface area contributed by atoms with Crippen LogP contribution in [0.5, 0.6) is 17.2 Å². The summed E-state index contributed by atoms with van der Waals surface area (Å²) in [5, 5.41) is 30.5. The molecule has 0 aromatic heterocycles. The molecular formula is C13H6F5NO4S5. The molecule has 0 saturated heterocycles. The Hall–Kier alpha value is -1.29. The molecule has 0 aliphatic rings. The molecule has 28 heavy (non-hydrogen) atoms. The first-order chi connectivity index (χ1) is 13.4. The van der Waals surface area contributed by atoms with Crippen LogP contribution in [0.25, 0.3) is 0 Å². The fourth-order valence-corrected chi connectivity index (χ4v) is 4.90. The SMILES string of the molecule is O=C(Nc1c(SF)c(SF)c(SF)c(SF)c1SF)c1ccc(O)c(O)c1O. The zero-order valence-electron chi connectivity index (χ0n) is 12.8. The van der Waals surface area contributed by atoms with Crippen LogP contribution in [0.15, 0.2) is 36.6 Å². The van der Waals surface area contributed by atoms with E-state index in [1.54, 1.807) is 0 Å². The predicted octanol–water partition coefficient (Wildman–Crippen LogP) is 6.94. The third-order valence-electron chi connectivity index (χ3n) is 3.28. The summed E-state index contributed by atoms with van der Waals surface area (Å²) in [7, 11) is 0. The van der Waals surface area contributed by atoms with Crippen LogP contribution in [-0.2, 0) is 0 Å². The average Bonchev–Trinajstić information content (AvgIpc) is 2.70. The Labute approximate surface area is 176 Å². The Morgan fingerprint density at radius 2 is 1.14 bits per heavy atom. The monoisotopic (exact) mass is 495 g/mol. The van der Waals surface area contributed by atoms with E-state index in [-0.39, 0.29) is 0 Å². The number of amides is 1. The maximum atomic E-state index is 13.4. The second-order valence-electron chi connectivity index (χ2n) is 4.69. The molecule has 15 heteroatoms. The van der Waals surface area contributed by atoms with Gasteiger partial charge in [0, 0.05) is 0 Å². The first kappa shape index (κ1) is 23.0. The second kappa shape index (κ2) is 9.96. The number of rotatable bonds is 7. The van der Waals surface area contributed by atoms with E-state index in [0.717, 1.165) is 12.1 Å².